The van der Waals surface area contributed by atoms with E-state index in [1.165, 1.54) is 5.56 Å². The van der Waals surface area contributed by atoms with Crippen LogP contribution in [0.15, 0.2) is 41.8 Å². The highest BCUT2D eigenvalue weighted by Gasteiger charge is 2.17. The summed E-state index contributed by atoms with van der Waals surface area (Å²) in [4.78, 5) is 24.9. The summed E-state index contributed by atoms with van der Waals surface area (Å²) in [6.07, 6.45) is 0.154. The zero-order valence-electron chi connectivity index (χ0n) is 13.4. The first-order chi connectivity index (χ1) is 11.0. The number of ether oxygens (including phenoxy) is 1. The van der Waals surface area contributed by atoms with Gasteiger partial charge in [-0.05, 0) is 37.3 Å². The van der Waals surface area contributed by atoms with Gasteiger partial charge in [-0.15, -0.1) is 11.3 Å². The lowest BCUT2D eigenvalue weighted by atomic mass is 10.1. The van der Waals surface area contributed by atoms with Crippen molar-refractivity contribution in [1.29, 1.82) is 0 Å². The molecule has 23 heavy (non-hydrogen) atoms. The van der Waals surface area contributed by atoms with Crippen molar-refractivity contribution in [2.45, 2.75) is 39.3 Å². The predicted molar refractivity (Wildman–Crippen MR) is 91.2 cm³/mol. The minimum atomic E-state index is -0.781. The fourth-order valence-corrected chi connectivity index (χ4v) is 2.74. The van der Waals surface area contributed by atoms with Gasteiger partial charge in [-0.25, -0.2) is 0 Å². The van der Waals surface area contributed by atoms with Crippen LogP contribution >= 0.6 is 11.3 Å². The molecule has 2 aromatic rings. The normalized spacial score (nSPS) is 11.7. The maximum Gasteiger partial charge on any atom is 0.306 e. The lowest BCUT2D eigenvalue weighted by molar-refractivity contribution is -0.154. The molecule has 0 saturated heterocycles. The average molecular weight is 331 g/mol. The van der Waals surface area contributed by atoms with Gasteiger partial charge in [-0.3, -0.25) is 9.59 Å². The van der Waals surface area contributed by atoms with Crippen LogP contribution in [0.2, 0.25) is 0 Å². The quantitative estimate of drug-likeness (QED) is 0.793. The van der Waals surface area contributed by atoms with Gasteiger partial charge < -0.3 is 10.1 Å². The Hall–Kier alpha value is -2.14. The molecule has 1 aromatic heterocycles. The fraction of sp³-hybridized carbons (Fsp3) is 0.333. The number of carbonyl (C=O) groups is 2. The Kier molecular flexibility index (Phi) is 6.35. The zero-order valence-corrected chi connectivity index (χ0v) is 14.2. The van der Waals surface area contributed by atoms with E-state index in [2.05, 4.69) is 5.32 Å². The Morgan fingerprint density at radius 2 is 1.96 bits per heavy atom. The third-order valence-corrected chi connectivity index (χ3v) is 4.36. The number of carbonyl (C=O) groups excluding carboxylic acids is 2. The Morgan fingerprint density at radius 1 is 1.22 bits per heavy atom. The average Bonchev–Trinajstić information content (AvgIpc) is 3.05. The third kappa shape index (κ3) is 5.87. The topological polar surface area (TPSA) is 55.4 Å². The lowest BCUT2D eigenvalue weighted by Gasteiger charge is -2.13. The van der Waals surface area contributed by atoms with Crippen LogP contribution in [0.5, 0.6) is 0 Å². The van der Waals surface area contributed by atoms with Crippen LogP contribution in [0.3, 0.4) is 0 Å². The van der Waals surface area contributed by atoms with E-state index in [-0.39, 0.29) is 18.3 Å². The van der Waals surface area contributed by atoms with Crippen LogP contribution in [-0.2, 0) is 27.3 Å². The molecule has 0 saturated carbocycles. The summed E-state index contributed by atoms with van der Waals surface area (Å²) in [6, 6.07) is 11.9. The molecule has 1 amide bonds. The van der Waals surface area contributed by atoms with E-state index in [0.29, 0.717) is 13.0 Å². The standard InChI is InChI=1S/C18H21NO3S/c1-13-5-7-15(8-6-13)12-19-18(21)14(2)22-17(20)10-9-16-4-3-11-23-16/h3-8,11,14H,9-10,12H2,1-2H3,(H,19,21)/t14-/m0/s1. The smallest absolute Gasteiger partial charge is 0.306 e. The van der Waals surface area contributed by atoms with Gasteiger partial charge in [0.2, 0.25) is 0 Å². The van der Waals surface area contributed by atoms with E-state index in [9.17, 15) is 9.59 Å². The Balaban J connectivity index is 1.71. The second-order valence-corrected chi connectivity index (χ2v) is 6.45. The molecule has 1 heterocycles. The van der Waals surface area contributed by atoms with Gasteiger partial charge in [-0.2, -0.15) is 0 Å². The molecule has 1 atom stereocenters. The summed E-state index contributed by atoms with van der Waals surface area (Å²) < 4.78 is 5.17. The highest BCUT2D eigenvalue weighted by Crippen LogP contribution is 2.11. The molecular weight excluding hydrogens is 310 g/mol. The maximum absolute atomic E-state index is 12.0. The second kappa shape index (κ2) is 8.48. The van der Waals surface area contributed by atoms with Crippen molar-refractivity contribution in [3.63, 3.8) is 0 Å². The molecule has 1 aromatic carbocycles. The van der Waals surface area contributed by atoms with E-state index < -0.39 is 6.10 Å². The van der Waals surface area contributed by atoms with Crippen molar-refractivity contribution < 1.29 is 14.3 Å². The molecule has 0 unspecified atom stereocenters. The molecule has 0 aliphatic heterocycles. The first kappa shape index (κ1) is 17.2. The summed E-state index contributed by atoms with van der Waals surface area (Å²) in [6.45, 7) is 4.03. The minimum absolute atomic E-state index is 0.282. The number of rotatable bonds is 7. The highest BCUT2D eigenvalue weighted by atomic mass is 32.1. The lowest BCUT2D eigenvalue weighted by Crippen LogP contribution is -2.35. The van der Waals surface area contributed by atoms with Gasteiger partial charge in [0.1, 0.15) is 0 Å². The van der Waals surface area contributed by atoms with Gasteiger partial charge in [-0.1, -0.05) is 35.9 Å². The third-order valence-electron chi connectivity index (χ3n) is 3.42. The monoisotopic (exact) mass is 331 g/mol. The van der Waals surface area contributed by atoms with Crippen molar-refractivity contribution in [1.82, 2.24) is 5.32 Å². The van der Waals surface area contributed by atoms with E-state index in [0.717, 1.165) is 10.4 Å². The summed E-state index contributed by atoms with van der Waals surface area (Å²) >= 11 is 1.61. The van der Waals surface area contributed by atoms with Crippen LogP contribution in [0, 0.1) is 6.92 Å². The van der Waals surface area contributed by atoms with Crippen LogP contribution in [0.1, 0.15) is 29.3 Å². The van der Waals surface area contributed by atoms with E-state index >= 15 is 0 Å². The van der Waals surface area contributed by atoms with E-state index in [1.807, 2.05) is 48.7 Å². The highest BCUT2D eigenvalue weighted by molar-refractivity contribution is 7.09. The van der Waals surface area contributed by atoms with Gasteiger partial charge >= 0.3 is 5.97 Å². The molecule has 0 spiro atoms. The molecule has 0 fully saturated rings. The van der Waals surface area contributed by atoms with Crippen molar-refractivity contribution in [2.24, 2.45) is 0 Å². The maximum atomic E-state index is 12.0. The van der Waals surface area contributed by atoms with Crippen molar-refractivity contribution in [3.8, 4) is 0 Å². The van der Waals surface area contributed by atoms with Crippen LogP contribution in [0.25, 0.3) is 0 Å². The molecule has 0 bridgehead atoms. The number of nitrogens with one attached hydrogen (secondary N) is 1. The minimum Gasteiger partial charge on any atom is -0.453 e. The van der Waals surface area contributed by atoms with E-state index in [1.54, 1.807) is 18.3 Å². The molecule has 0 radical (unpaired) electrons. The summed E-state index contributed by atoms with van der Waals surface area (Å²) in [5, 5.41) is 4.75. The molecule has 2 rings (SSSR count). The largest absolute Gasteiger partial charge is 0.453 e. The molecule has 122 valence electrons. The second-order valence-electron chi connectivity index (χ2n) is 5.41. The van der Waals surface area contributed by atoms with E-state index in [4.69, 9.17) is 4.74 Å². The van der Waals surface area contributed by atoms with Gasteiger partial charge in [0.05, 0.1) is 6.42 Å². The number of hydrogen-bond acceptors (Lipinski definition) is 4. The predicted octanol–water partition coefficient (Wildman–Crippen LogP) is 3.24. The van der Waals surface area contributed by atoms with Gasteiger partial charge in [0, 0.05) is 11.4 Å². The zero-order chi connectivity index (χ0) is 16.7. The molecule has 5 heteroatoms. The van der Waals surface area contributed by atoms with Gasteiger partial charge in [0.25, 0.3) is 5.91 Å². The SMILES string of the molecule is Cc1ccc(CNC(=O)[C@H](C)OC(=O)CCc2cccs2)cc1. The molecule has 1 N–H and O–H groups in total. The molecule has 0 aliphatic rings. The summed E-state index contributed by atoms with van der Waals surface area (Å²) in [5.41, 5.74) is 2.19. The van der Waals surface area contributed by atoms with Crippen LogP contribution in [-0.4, -0.2) is 18.0 Å². The number of esters is 1. The number of thiophene rings is 1. The molecule has 0 aliphatic carbocycles. The number of aryl methyl sites for hydroxylation is 2. The molecular formula is C18H21NO3S. The Bertz CT molecular complexity index is 635. The fourth-order valence-electron chi connectivity index (χ4n) is 2.03. The number of amides is 1. The summed E-state index contributed by atoms with van der Waals surface area (Å²) in [5.74, 6) is -0.633. The number of hydrogen-bond donors (Lipinski definition) is 1. The first-order valence-corrected chi connectivity index (χ1v) is 8.47. The molecule has 4 nitrogen and oxygen atoms in total. The Labute approximate surface area is 140 Å². The first-order valence-electron chi connectivity index (χ1n) is 7.59. The van der Waals surface area contributed by atoms with Crippen molar-refractivity contribution in [3.05, 3.63) is 57.8 Å². The van der Waals surface area contributed by atoms with Crippen LogP contribution < -0.4 is 5.32 Å². The summed E-state index contributed by atoms with van der Waals surface area (Å²) in [7, 11) is 0. The Morgan fingerprint density at radius 3 is 2.61 bits per heavy atom. The number of benzene rings is 1. The van der Waals surface area contributed by atoms with Crippen molar-refractivity contribution in [2.75, 3.05) is 0 Å². The van der Waals surface area contributed by atoms with Crippen molar-refractivity contribution >= 4 is 23.2 Å². The van der Waals surface area contributed by atoms with Gasteiger partial charge in [0.15, 0.2) is 6.10 Å². The van der Waals surface area contributed by atoms with Crippen LogP contribution in [0.4, 0.5) is 0 Å².